The summed E-state index contributed by atoms with van der Waals surface area (Å²) in [4.78, 5) is 0. The van der Waals surface area contributed by atoms with Crippen molar-refractivity contribution in [3.8, 4) is 0 Å². The monoisotopic (exact) mass is 152 g/mol. The van der Waals surface area contributed by atoms with Gasteiger partial charge in [-0.3, -0.25) is 0 Å². The number of halogens is 2. The van der Waals surface area contributed by atoms with Crippen molar-refractivity contribution in [1.29, 1.82) is 0 Å². The molecule has 0 bridgehead atoms. The van der Waals surface area contributed by atoms with Gasteiger partial charge >= 0.3 is 0 Å². The first-order valence-electron chi connectivity index (χ1n) is 3.13. The van der Waals surface area contributed by atoms with Gasteiger partial charge in [0.25, 0.3) is 0 Å². The van der Waals surface area contributed by atoms with E-state index in [0.29, 0.717) is 18.6 Å². The first-order valence-corrected chi connectivity index (χ1v) is 3.76. The number of hydrogen-bond donors (Lipinski definition) is 1. The highest BCUT2D eigenvalue weighted by atomic mass is 32.1. The van der Waals surface area contributed by atoms with Gasteiger partial charge in [-0.2, -0.15) is 12.6 Å². The zero-order chi connectivity index (χ0) is 6.91. The Balaban J connectivity index is 2.13. The van der Waals surface area contributed by atoms with Gasteiger partial charge in [-0.15, -0.1) is 0 Å². The Morgan fingerprint density at radius 1 is 1.67 bits per heavy atom. The quantitative estimate of drug-likeness (QED) is 0.588. The van der Waals surface area contributed by atoms with Gasteiger partial charge in [0.15, 0.2) is 0 Å². The highest BCUT2D eigenvalue weighted by Crippen LogP contribution is 2.46. The predicted molar refractivity (Wildman–Crippen MR) is 36.4 cm³/mol. The largest absolute Gasteiger partial charge is 0.244 e. The Labute approximate surface area is 59.0 Å². The van der Waals surface area contributed by atoms with E-state index in [-0.39, 0.29) is 6.42 Å². The third-order valence-electron chi connectivity index (χ3n) is 1.67. The van der Waals surface area contributed by atoms with E-state index < -0.39 is 11.8 Å². The number of alkyl halides is 2. The standard InChI is InChI=1S/C6H10F2S/c7-5-4-6(5,8)2-1-3-9/h5,9H,1-4H2. The highest BCUT2D eigenvalue weighted by Gasteiger charge is 2.55. The summed E-state index contributed by atoms with van der Waals surface area (Å²) in [7, 11) is 0. The van der Waals surface area contributed by atoms with Crippen LogP contribution in [0.2, 0.25) is 0 Å². The number of thiol groups is 1. The van der Waals surface area contributed by atoms with Crippen LogP contribution in [0.3, 0.4) is 0 Å². The number of hydrogen-bond acceptors (Lipinski definition) is 1. The van der Waals surface area contributed by atoms with E-state index in [2.05, 4.69) is 12.6 Å². The molecule has 0 N–H and O–H groups in total. The molecule has 0 spiro atoms. The summed E-state index contributed by atoms with van der Waals surface area (Å²) in [6, 6.07) is 0. The fourth-order valence-electron chi connectivity index (χ4n) is 0.871. The first-order chi connectivity index (χ1) is 4.19. The van der Waals surface area contributed by atoms with Crippen LogP contribution in [0.25, 0.3) is 0 Å². The van der Waals surface area contributed by atoms with E-state index in [1.54, 1.807) is 0 Å². The van der Waals surface area contributed by atoms with Gasteiger partial charge in [-0.25, -0.2) is 8.78 Å². The smallest absolute Gasteiger partial charge is 0.145 e. The van der Waals surface area contributed by atoms with Crippen molar-refractivity contribution >= 4 is 12.6 Å². The minimum Gasteiger partial charge on any atom is -0.244 e. The van der Waals surface area contributed by atoms with Crippen LogP contribution >= 0.6 is 12.6 Å². The van der Waals surface area contributed by atoms with Crippen LogP contribution in [0.1, 0.15) is 19.3 Å². The molecule has 2 atom stereocenters. The van der Waals surface area contributed by atoms with Gasteiger partial charge in [0.1, 0.15) is 11.8 Å². The Morgan fingerprint density at radius 2 is 2.22 bits per heavy atom. The molecule has 0 saturated heterocycles. The molecule has 1 saturated carbocycles. The van der Waals surface area contributed by atoms with Crippen LogP contribution < -0.4 is 0 Å². The molecule has 0 heterocycles. The molecule has 54 valence electrons. The van der Waals surface area contributed by atoms with Crippen LogP contribution in [-0.2, 0) is 0 Å². The lowest BCUT2D eigenvalue weighted by Gasteiger charge is -2.00. The lowest BCUT2D eigenvalue weighted by atomic mass is 10.2. The van der Waals surface area contributed by atoms with Crippen molar-refractivity contribution in [2.75, 3.05) is 5.75 Å². The summed E-state index contributed by atoms with van der Waals surface area (Å²) in [5.74, 6) is 0.651. The average Bonchev–Trinajstić information content (AvgIpc) is 2.38. The van der Waals surface area contributed by atoms with E-state index in [9.17, 15) is 8.78 Å². The third-order valence-corrected chi connectivity index (χ3v) is 1.99. The highest BCUT2D eigenvalue weighted by molar-refractivity contribution is 7.80. The fraction of sp³-hybridized carbons (Fsp3) is 1.00. The first kappa shape index (κ1) is 7.32. The van der Waals surface area contributed by atoms with Gasteiger partial charge in [0, 0.05) is 6.42 Å². The maximum absolute atomic E-state index is 12.7. The second kappa shape index (κ2) is 2.45. The molecule has 1 fully saturated rings. The van der Waals surface area contributed by atoms with Gasteiger partial charge < -0.3 is 0 Å². The molecule has 1 aliphatic rings. The molecule has 0 radical (unpaired) electrons. The van der Waals surface area contributed by atoms with Crippen molar-refractivity contribution in [2.45, 2.75) is 31.1 Å². The molecule has 0 aromatic rings. The van der Waals surface area contributed by atoms with Crippen molar-refractivity contribution in [3.63, 3.8) is 0 Å². The molecular weight excluding hydrogens is 142 g/mol. The van der Waals surface area contributed by atoms with Gasteiger partial charge in [0.05, 0.1) is 0 Å². The van der Waals surface area contributed by atoms with Crippen molar-refractivity contribution in [1.82, 2.24) is 0 Å². The third kappa shape index (κ3) is 1.57. The molecule has 0 nitrogen and oxygen atoms in total. The Hall–Kier alpha value is 0.210. The van der Waals surface area contributed by atoms with Gasteiger partial charge in [-0.05, 0) is 18.6 Å². The van der Waals surface area contributed by atoms with E-state index in [4.69, 9.17) is 0 Å². The fourth-order valence-corrected chi connectivity index (χ4v) is 1.03. The Bertz CT molecular complexity index is 107. The van der Waals surface area contributed by atoms with Gasteiger partial charge in [-0.1, -0.05) is 0 Å². The minimum absolute atomic E-state index is 0.112. The minimum atomic E-state index is -1.46. The van der Waals surface area contributed by atoms with Crippen LogP contribution in [0.4, 0.5) is 8.78 Å². The van der Waals surface area contributed by atoms with Crippen LogP contribution in [0, 0.1) is 0 Å². The molecular formula is C6H10F2S. The lowest BCUT2D eigenvalue weighted by molar-refractivity contribution is 0.232. The zero-order valence-electron chi connectivity index (χ0n) is 5.11. The van der Waals surface area contributed by atoms with E-state index in [0.717, 1.165) is 0 Å². The topological polar surface area (TPSA) is 0 Å². The zero-order valence-corrected chi connectivity index (χ0v) is 6.00. The summed E-state index contributed by atoms with van der Waals surface area (Å²) in [5.41, 5.74) is -1.46. The maximum atomic E-state index is 12.7. The molecule has 0 amide bonds. The van der Waals surface area contributed by atoms with E-state index >= 15 is 0 Å². The normalized spacial score (nSPS) is 41.0. The van der Waals surface area contributed by atoms with E-state index in [1.165, 1.54) is 0 Å². The summed E-state index contributed by atoms with van der Waals surface area (Å²) < 4.78 is 24.8. The average molecular weight is 152 g/mol. The predicted octanol–water partition coefficient (Wildman–Crippen LogP) is 2.15. The van der Waals surface area contributed by atoms with Crippen LogP contribution in [0.5, 0.6) is 0 Å². The molecule has 0 aliphatic heterocycles. The SMILES string of the molecule is FC1CC1(F)CCCS. The van der Waals surface area contributed by atoms with Crippen LogP contribution in [0.15, 0.2) is 0 Å². The lowest BCUT2D eigenvalue weighted by Crippen LogP contribution is -2.04. The van der Waals surface area contributed by atoms with Crippen molar-refractivity contribution < 1.29 is 8.78 Å². The summed E-state index contributed by atoms with van der Waals surface area (Å²) in [6.07, 6.45) is -0.0456. The van der Waals surface area contributed by atoms with Crippen LogP contribution in [-0.4, -0.2) is 17.6 Å². The molecule has 0 aromatic heterocycles. The Morgan fingerprint density at radius 3 is 2.56 bits per heavy atom. The summed E-state index contributed by atoms with van der Waals surface area (Å²) in [6.45, 7) is 0. The second-order valence-corrected chi connectivity index (χ2v) is 2.98. The summed E-state index contributed by atoms with van der Waals surface area (Å²) >= 11 is 3.90. The van der Waals surface area contributed by atoms with E-state index in [1.807, 2.05) is 0 Å². The molecule has 9 heavy (non-hydrogen) atoms. The summed E-state index contributed by atoms with van der Waals surface area (Å²) in [5, 5.41) is 0. The molecule has 1 rings (SSSR count). The maximum Gasteiger partial charge on any atom is 0.145 e. The van der Waals surface area contributed by atoms with Crippen molar-refractivity contribution in [2.24, 2.45) is 0 Å². The number of rotatable bonds is 3. The Kier molecular flexibility index (Phi) is 1.99. The second-order valence-electron chi connectivity index (χ2n) is 2.53. The van der Waals surface area contributed by atoms with Gasteiger partial charge in [0.2, 0.25) is 0 Å². The molecule has 3 heteroatoms. The van der Waals surface area contributed by atoms with Crippen molar-refractivity contribution in [3.05, 3.63) is 0 Å². The molecule has 1 aliphatic carbocycles. The molecule has 2 unspecified atom stereocenters. The molecule has 0 aromatic carbocycles.